The van der Waals surface area contributed by atoms with Crippen LogP contribution in [0.3, 0.4) is 0 Å². The Morgan fingerprint density at radius 1 is 1.00 bits per heavy atom. The zero-order chi connectivity index (χ0) is 17.6. The molecule has 3 heteroatoms. The average molecular weight is 333 g/mol. The van der Waals surface area contributed by atoms with Crippen LogP contribution in [-0.4, -0.2) is 56.2 Å². The van der Waals surface area contributed by atoms with Crippen LogP contribution in [0.5, 0.6) is 5.75 Å². The third kappa shape index (κ3) is 6.10. The molecular weight excluding hydrogens is 296 g/mol. The van der Waals surface area contributed by atoms with Gasteiger partial charge in [-0.3, -0.25) is 0 Å². The van der Waals surface area contributed by atoms with E-state index in [1.54, 1.807) is 0 Å². The minimum Gasteiger partial charge on any atom is -0.493 e. The number of hydrogen-bond acceptors (Lipinski definition) is 3. The molecule has 0 aromatic heterocycles. The molecule has 1 aliphatic heterocycles. The van der Waals surface area contributed by atoms with Crippen LogP contribution in [0.25, 0.3) is 0 Å². The molecule has 0 aliphatic carbocycles. The van der Waals surface area contributed by atoms with Crippen molar-refractivity contribution in [2.75, 3.05) is 46.4 Å². The van der Waals surface area contributed by atoms with Crippen molar-refractivity contribution in [3.05, 3.63) is 29.3 Å². The first-order valence-corrected chi connectivity index (χ1v) is 9.51. The summed E-state index contributed by atoms with van der Waals surface area (Å²) in [6.45, 7) is 15.9. The van der Waals surface area contributed by atoms with Gasteiger partial charge in [0.15, 0.2) is 0 Å². The predicted molar refractivity (Wildman–Crippen MR) is 103 cm³/mol. The number of ether oxygens (including phenoxy) is 1. The second-order valence-electron chi connectivity index (χ2n) is 8.30. The molecule has 0 unspecified atom stereocenters. The summed E-state index contributed by atoms with van der Waals surface area (Å²) < 4.78 is 6.10. The molecule has 0 bridgehead atoms. The third-order valence-corrected chi connectivity index (χ3v) is 4.92. The topological polar surface area (TPSA) is 15.7 Å². The number of unbranched alkanes of at least 4 members (excludes halogenated alkanes) is 2. The number of piperazine rings is 1. The molecule has 1 fully saturated rings. The molecule has 1 aliphatic rings. The van der Waals surface area contributed by atoms with Crippen LogP contribution in [0, 0.1) is 6.92 Å². The van der Waals surface area contributed by atoms with Gasteiger partial charge in [0.05, 0.1) is 6.61 Å². The lowest BCUT2D eigenvalue weighted by Gasteiger charge is -2.32. The molecule has 0 atom stereocenters. The first-order valence-electron chi connectivity index (χ1n) is 9.51. The number of rotatable bonds is 7. The summed E-state index contributed by atoms with van der Waals surface area (Å²) in [6.07, 6.45) is 3.68. The maximum absolute atomic E-state index is 6.10. The number of benzene rings is 1. The van der Waals surface area contributed by atoms with E-state index in [4.69, 9.17) is 4.74 Å². The van der Waals surface area contributed by atoms with E-state index >= 15 is 0 Å². The van der Waals surface area contributed by atoms with Crippen molar-refractivity contribution in [2.45, 2.75) is 52.4 Å². The van der Waals surface area contributed by atoms with Crippen molar-refractivity contribution >= 4 is 0 Å². The van der Waals surface area contributed by atoms with Gasteiger partial charge in [-0.1, -0.05) is 38.5 Å². The van der Waals surface area contributed by atoms with Crippen molar-refractivity contribution in [1.29, 1.82) is 0 Å². The van der Waals surface area contributed by atoms with E-state index in [1.165, 1.54) is 56.7 Å². The van der Waals surface area contributed by atoms with Crippen molar-refractivity contribution in [1.82, 2.24) is 9.80 Å². The Morgan fingerprint density at radius 3 is 2.38 bits per heavy atom. The Morgan fingerprint density at radius 2 is 1.71 bits per heavy atom. The van der Waals surface area contributed by atoms with E-state index in [1.807, 2.05) is 0 Å². The van der Waals surface area contributed by atoms with Gasteiger partial charge >= 0.3 is 0 Å². The summed E-state index contributed by atoms with van der Waals surface area (Å²) in [4.78, 5) is 5.01. The zero-order valence-electron chi connectivity index (χ0n) is 16.4. The fourth-order valence-corrected chi connectivity index (χ4v) is 3.22. The van der Waals surface area contributed by atoms with Crippen LogP contribution in [-0.2, 0) is 5.41 Å². The van der Waals surface area contributed by atoms with E-state index in [-0.39, 0.29) is 5.41 Å². The van der Waals surface area contributed by atoms with Crippen LogP contribution in [0.15, 0.2) is 18.2 Å². The molecule has 24 heavy (non-hydrogen) atoms. The van der Waals surface area contributed by atoms with Gasteiger partial charge in [-0.05, 0) is 56.8 Å². The van der Waals surface area contributed by atoms with E-state index in [0.29, 0.717) is 0 Å². The largest absolute Gasteiger partial charge is 0.493 e. The molecule has 1 heterocycles. The van der Waals surface area contributed by atoms with Crippen LogP contribution in [0.4, 0.5) is 0 Å². The quantitative estimate of drug-likeness (QED) is 0.700. The Balaban J connectivity index is 1.67. The standard InChI is InChI=1S/C21H36N2O/c1-18-9-10-20(19(17-18)21(2,3)4)24-16-8-6-7-11-23-14-12-22(5)13-15-23/h9-10,17H,6-8,11-16H2,1-5H3. The highest BCUT2D eigenvalue weighted by molar-refractivity contribution is 5.41. The van der Waals surface area contributed by atoms with E-state index in [0.717, 1.165) is 18.8 Å². The maximum Gasteiger partial charge on any atom is 0.123 e. The number of hydrogen-bond donors (Lipinski definition) is 0. The fourth-order valence-electron chi connectivity index (χ4n) is 3.22. The molecular formula is C21H36N2O. The average Bonchev–Trinajstić information content (AvgIpc) is 2.52. The first-order chi connectivity index (χ1) is 11.4. The summed E-state index contributed by atoms with van der Waals surface area (Å²) in [5.41, 5.74) is 2.75. The Kier molecular flexibility index (Phi) is 7.12. The fraction of sp³-hybridized carbons (Fsp3) is 0.714. The highest BCUT2D eigenvalue weighted by atomic mass is 16.5. The van der Waals surface area contributed by atoms with Gasteiger partial charge < -0.3 is 14.5 Å². The summed E-state index contributed by atoms with van der Waals surface area (Å²) in [6, 6.07) is 6.56. The Labute approximate surface area is 149 Å². The van der Waals surface area contributed by atoms with Crippen LogP contribution in [0.2, 0.25) is 0 Å². The molecule has 136 valence electrons. The second kappa shape index (κ2) is 8.87. The van der Waals surface area contributed by atoms with Crippen molar-refractivity contribution in [3.8, 4) is 5.75 Å². The second-order valence-corrected chi connectivity index (χ2v) is 8.30. The number of aryl methyl sites for hydroxylation is 1. The van der Waals surface area contributed by atoms with Gasteiger partial charge in [-0.15, -0.1) is 0 Å². The van der Waals surface area contributed by atoms with Crippen molar-refractivity contribution < 1.29 is 4.74 Å². The van der Waals surface area contributed by atoms with Crippen molar-refractivity contribution in [3.63, 3.8) is 0 Å². The van der Waals surface area contributed by atoms with Gasteiger partial charge in [0.25, 0.3) is 0 Å². The maximum atomic E-state index is 6.10. The summed E-state index contributed by atoms with van der Waals surface area (Å²) in [7, 11) is 2.21. The van der Waals surface area contributed by atoms with Gasteiger partial charge in [0.1, 0.15) is 5.75 Å². The molecule has 2 rings (SSSR count). The highest BCUT2D eigenvalue weighted by Gasteiger charge is 2.19. The van der Waals surface area contributed by atoms with Gasteiger partial charge in [0, 0.05) is 26.2 Å². The lowest BCUT2D eigenvalue weighted by atomic mass is 9.85. The monoisotopic (exact) mass is 332 g/mol. The van der Waals surface area contributed by atoms with Crippen LogP contribution in [0.1, 0.15) is 51.2 Å². The molecule has 0 saturated carbocycles. The molecule has 0 radical (unpaired) electrons. The normalized spacial score (nSPS) is 17.2. The molecule has 0 amide bonds. The molecule has 1 saturated heterocycles. The lowest BCUT2D eigenvalue weighted by Crippen LogP contribution is -2.44. The van der Waals surface area contributed by atoms with Gasteiger partial charge in [-0.2, -0.15) is 0 Å². The summed E-state index contributed by atoms with van der Waals surface area (Å²) in [5.74, 6) is 1.06. The van der Waals surface area contributed by atoms with E-state index < -0.39 is 0 Å². The predicted octanol–water partition coefficient (Wildman–Crippen LogP) is 4.09. The van der Waals surface area contributed by atoms with Crippen LogP contribution >= 0.6 is 0 Å². The van der Waals surface area contributed by atoms with Gasteiger partial charge in [-0.25, -0.2) is 0 Å². The summed E-state index contributed by atoms with van der Waals surface area (Å²) >= 11 is 0. The van der Waals surface area contributed by atoms with Crippen molar-refractivity contribution in [2.24, 2.45) is 0 Å². The minimum atomic E-state index is 0.128. The molecule has 0 N–H and O–H groups in total. The number of likely N-dealkylation sites (N-methyl/N-ethyl adjacent to an activating group) is 1. The van der Waals surface area contributed by atoms with E-state index in [2.05, 4.69) is 62.7 Å². The third-order valence-electron chi connectivity index (χ3n) is 4.92. The van der Waals surface area contributed by atoms with Gasteiger partial charge in [0.2, 0.25) is 0 Å². The Bertz CT molecular complexity index is 499. The molecule has 0 spiro atoms. The van der Waals surface area contributed by atoms with Crippen LogP contribution < -0.4 is 4.74 Å². The molecule has 1 aromatic rings. The zero-order valence-corrected chi connectivity index (χ0v) is 16.4. The number of nitrogens with zero attached hydrogens (tertiary/aromatic N) is 2. The van der Waals surface area contributed by atoms with E-state index in [9.17, 15) is 0 Å². The lowest BCUT2D eigenvalue weighted by molar-refractivity contribution is 0.151. The SMILES string of the molecule is Cc1ccc(OCCCCCN2CCN(C)CC2)c(C(C)(C)C)c1. The smallest absolute Gasteiger partial charge is 0.123 e. The Hall–Kier alpha value is -1.06. The highest BCUT2D eigenvalue weighted by Crippen LogP contribution is 2.32. The molecule has 3 nitrogen and oxygen atoms in total. The minimum absolute atomic E-state index is 0.128. The first kappa shape index (κ1) is 19.3. The summed E-state index contributed by atoms with van der Waals surface area (Å²) in [5, 5.41) is 0. The molecule has 1 aromatic carbocycles.